The second-order valence-corrected chi connectivity index (χ2v) is 5.74. The third-order valence-electron chi connectivity index (χ3n) is 4.15. The standard InChI is InChI=1S/C16H23N3O/c1-12-7-8-14-15(11-12)19(16(17)18-14)9-10-20-13-5-3-2-4-6-13/h7-8,11,13H,2-6,9-10H2,1H3,(H2,17,18). The maximum atomic E-state index is 6.02. The fraction of sp³-hybridized carbons (Fsp3) is 0.562. The summed E-state index contributed by atoms with van der Waals surface area (Å²) < 4.78 is 8.05. The van der Waals surface area contributed by atoms with E-state index in [2.05, 4.69) is 28.6 Å². The molecule has 4 heteroatoms. The average molecular weight is 273 g/mol. The Morgan fingerprint density at radius 2 is 2.10 bits per heavy atom. The fourth-order valence-electron chi connectivity index (χ4n) is 3.03. The number of rotatable bonds is 4. The van der Waals surface area contributed by atoms with Crippen molar-refractivity contribution >= 4 is 17.0 Å². The van der Waals surface area contributed by atoms with Gasteiger partial charge in [-0.3, -0.25) is 0 Å². The molecule has 0 atom stereocenters. The maximum Gasteiger partial charge on any atom is 0.201 e. The van der Waals surface area contributed by atoms with Crippen molar-refractivity contribution in [3.8, 4) is 0 Å². The van der Waals surface area contributed by atoms with Crippen molar-refractivity contribution < 1.29 is 4.74 Å². The Morgan fingerprint density at radius 1 is 1.30 bits per heavy atom. The van der Waals surface area contributed by atoms with E-state index in [4.69, 9.17) is 10.5 Å². The second kappa shape index (κ2) is 5.83. The number of benzene rings is 1. The minimum atomic E-state index is 0.446. The lowest BCUT2D eigenvalue weighted by Gasteiger charge is -2.22. The Morgan fingerprint density at radius 3 is 2.90 bits per heavy atom. The molecular formula is C16H23N3O. The Labute approximate surface area is 119 Å². The Balaban J connectivity index is 1.67. The van der Waals surface area contributed by atoms with Crippen molar-refractivity contribution in [2.75, 3.05) is 12.3 Å². The van der Waals surface area contributed by atoms with Gasteiger partial charge in [-0.05, 0) is 37.5 Å². The zero-order valence-electron chi connectivity index (χ0n) is 12.1. The molecule has 0 amide bonds. The summed E-state index contributed by atoms with van der Waals surface area (Å²) in [5.74, 6) is 0.581. The van der Waals surface area contributed by atoms with Crippen molar-refractivity contribution in [3.05, 3.63) is 23.8 Å². The van der Waals surface area contributed by atoms with Crippen LogP contribution in [0.1, 0.15) is 37.7 Å². The molecule has 4 nitrogen and oxygen atoms in total. The molecule has 1 saturated carbocycles. The summed E-state index contributed by atoms with van der Waals surface area (Å²) in [7, 11) is 0. The van der Waals surface area contributed by atoms with E-state index >= 15 is 0 Å². The lowest BCUT2D eigenvalue weighted by Crippen LogP contribution is -2.19. The van der Waals surface area contributed by atoms with Crippen LogP contribution in [0.3, 0.4) is 0 Å². The molecule has 2 N–H and O–H groups in total. The molecule has 1 aliphatic carbocycles. The molecule has 1 fully saturated rings. The molecular weight excluding hydrogens is 250 g/mol. The normalized spacial score (nSPS) is 16.9. The Bertz CT molecular complexity index is 585. The van der Waals surface area contributed by atoms with E-state index in [9.17, 15) is 0 Å². The molecule has 1 aromatic heterocycles. The van der Waals surface area contributed by atoms with Gasteiger partial charge >= 0.3 is 0 Å². The van der Waals surface area contributed by atoms with E-state index in [-0.39, 0.29) is 0 Å². The van der Waals surface area contributed by atoms with Crippen LogP contribution in [-0.2, 0) is 11.3 Å². The van der Waals surface area contributed by atoms with Gasteiger partial charge in [0.1, 0.15) is 0 Å². The summed E-state index contributed by atoms with van der Waals surface area (Å²) in [6.45, 7) is 3.59. The lowest BCUT2D eigenvalue weighted by atomic mass is 9.98. The van der Waals surface area contributed by atoms with Gasteiger partial charge < -0.3 is 15.0 Å². The van der Waals surface area contributed by atoms with Gasteiger partial charge in [-0.25, -0.2) is 4.98 Å². The third kappa shape index (κ3) is 2.80. The largest absolute Gasteiger partial charge is 0.376 e. The molecule has 0 bridgehead atoms. The number of anilines is 1. The van der Waals surface area contributed by atoms with Crippen LogP contribution in [0.5, 0.6) is 0 Å². The quantitative estimate of drug-likeness (QED) is 0.930. The van der Waals surface area contributed by atoms with Gasteiger partial charge in [0.05, 0.1) is 23.7 Å². The molecule has 0 radical (unpaired) electrons. The zero-order chi connectivity index (χ0) is 13.9. The van der Waals surface area contributed by atoms with Crippen molar-refractivity contribution in [3.63, 3.8) is 0 Å². The van der Waals surface area contributed by atoms with Crippen LogP contribution in [0, 0.1) is 6.92 Å². The molecule has 1 aliphatic rings. The Kier molecular flexibility index (Phi) is 3.92. The van der Waals surface area contributed by atoms with E-state index in [0.29, 0.717) is 18.7 Å². The van der Waals surface area contributed by atoms with Gasteiger partial charge in [0.2, 0.25) is 5.95 Å². The van der Waals surface area contributed by atoms with Crippen LogP contribution < -0.4 is 5.73 Å². The van der Waals surface area contributed by atoms with Crippen LogP contribution in [0.4, 0.5) is 5.95 Å². The minimum Gasteiger partial charge on any atom is -0.376 e. The van der Waals surface area contributed by atoms with E-state index in [0.717, 1.165) is 17.6 Å². The first kappa shape index (κ1) is 13.4. The van der Waals surface area contributed by atoms with Crippen LogP contribution in [0.15, 0.2) is 18.2 Å². The molecule has 0 spiro atoms. The first-order valence-corrected chi connectivity index (χ1v) is 7.58. The van der Waals surface area contributed by atoms with Crippen LogP contribution >= 0.6 is 0 Å². The van der Waals surface area contributed by atoms with Crippen LogP contribution in [0.25, 0.3) is 11.0 Å². The SMILES string of the molecule is Cc1ccc2nc(N)n(CCOC3CCCCC3)c2c1. The molecule has 3 rings (SSSR count). The molecule has 108 valence electrons. The number of aromatic nitrogens is 2. The van der Waals surface area contributed by atoms with Crippen molar-refractivity contribution in [1.82, 2.24) is 9.55 Å². The highest BCUT2D eigenvalue weighted by Crippen LogP contribution is 2.22. The first-order valence-electron chi connectivity index (χ1n) is 7.58. The summed E-state index contributed by atoms with van der Waals surface area (Å²) in [5, 5.41) is 0. The van der Waals surface area contributed by atoms with Gasteiger partial charge in [-0.15, -0.1) is 0 Å². The highest BCUT2D eigenvalue weighted by molar-refractivity contribution is 5.79. The minimum absolute atomic E-state index is 0.446. The van der Waals surface area contributed by atoms with Crippen molar-refractivity contribution in [2.24, 2.45) is 0 Å². The number of nitrogens with two attached hydrogens (primary N) is 1. The van der Waals surface area contributed by atoms with Gasteiger partial charge in [0.25, 0.3) is 0 Å². The molecule has 0 aliphatic heterocycles. The number of aryl methyl sites for hydroxylation is 1. The number of ether oxygens (including phenoxy) is 1. The van der Waals surface area contributed by atoms with Gasteiger partial charge in [-0.1, -0.05) is 25.3 Å². The van der Waals surface area contributed by atoms with Gasteiger partial charge in [0.15, 0.2) is 0 Å². The summed E-state index contributed by atoms with van der Waals surface area (Å²) in [6.07, 6.45) is 6.83. The van der Waals surface area contributed by atoms with Gasteiger partial charge in [-0.2, -0.15) is 0 Å². The van der Waals surface area contributed by atoms with E-state index in [1.54, 1.807) is 0 Å². The van der Waals surface area contributed by atoms with Crippen LogP contribution in [0.2, 0.25) is 0 Å². The highest BCUT2D eigenvalue weighted by Gasteiger charge is 2.14. The third-order valence-corrected chi connectivity index (χ3v) is 4.15. The number of nitrogens with zero attached hydrogens (tertiary/aromatic N) is 2. The summed E-state index contributed by atoms with van der Waals surface area (Å²) >= 11 is 0. The average Bonchev–Trinajstić information content (AvgIpc) is 2.76. The zero-order valence-corrected chi connectivity index (χ0v) is 12.1. The first-order chi connectivity index (χ1) is 9.74. The van der Waals surface area contributed by atoms with E-state index < -0.39 is 0 Å². The van der Waals surface area contributed by atoms with E-state index in [1.807, 2.05) is 6.07 Å². The smallest absolute Gasteiger partial charge is 0.201 e. The molecule has 0 saturated heterocycles. The number of hydrogen-bond acceptors (Lipinski definition) is 3. The molecule has 1 heterocycles. The number of nitrogen functional groups attached to an aromatic ring is 1. The van der Waals surface area contributed by atoms with Gasteiger partial charge in [0, 0.05) is 6.54 Å². The van der Waals surface area contributed by atoms with Crippen LogP contribution in [-0.4, -0.2) is 22.3 Å². The molecule has 0 unspecified atom stereocenters. The summed E-state index contributed by atoms with van der Waals surface area (Å²) in [5.41, 5.74) is 9.32. The maximum absolute atomic E-state index is 6.02. The molecule has 1 aromatic carbocycles. The predicted molar refractivity (Wildman–Crippen MR) is 81.7 cm³/mol. The summed E-state index contributed by atoms with van der Waals surface area (Å²) in [4.78, 5) is 4.40. The van der Waals surface area contributed by atoms with Crippen molar-refractivity contribution in [1.29, 1.82) is 0 Å². The number of fused-ring (bicyclic) bond motifs is 1. The number of hydrogen-bond donors (Lipinski definition) is 1. The lowest BCUT2D eigenvalue weighted by molar-refractivity contribution is 0.0246. The second-order valence-electron chi connectivity index (χ2n) is 5.74. The summed E-state index contributed by atoms with van der Waals surface area (Å²) in [6, 6.07) is 6.23. The fourth-order valence-corrected chi connectivity index (χ4v) is 3.03. The predicted octanol–water partition coefficient (Wildman–Crippen LogP) is 3.28. The molecule has 2 aromatic rings. The number of imidazole rings is 1. The van der Waals surface area contributed by atoms with Crippen molar-refractivity contribution in [2.45, 2.75) is 51.7 Å². The molecule has 20 heavy (non-hydrogen) atoms. The monoisotopic (exact) mass is 273 g/mol. The van der Waals surface area contributed by atoms with E-state index in [1.165, 1.54) is 37.7 Å². The topological polar surface area (TPSA) is 53.1 Å². The highest BCUT2D eigenvalue weighted by atomic mass is 16.5. The Hall–Kier alpha value is -1.55.